The van der Waals surface area contributed by atoms with E-state index in [1.807, 2.05) is 0 Å². The number of nitrogens with zero attached hydrogens (tertiary/aromatic N) is 1. The van der Waals surface area contributed by atoms with Crippen molar-refractivity contribution in [2.45, 2.75) is 18.4 Å². The van der Waals surface area contributed by atoms with Crippen molar-refractivity contribution in [3.8, 4) is 28.6 Å². The first-order valence-corrected chi connectivity index (χ1v) is 11.1. The van der Waals surface area contributed by atoms with E-state index >= 15 is 0 Å². The van der Waals surface area contributed by atoms with E-state index in [1.165, 1.54) is 25.3 Å². The van der Waals surface area contributed by atoms with Crippen LogP contribution in [0.2, 0.25) is 0 Å². The van der Waals surface area contributed by atoms with Gasteiger partial charge in [-0.05, 0) is 42.8 Å². The highest BCUT2D eigenvalue weighted by Gasteiger charge is 2.23. The summed E-state index contributed by atoms with van der Waals surface area (Å²) in [5.41, 5.74) is 1.09. The van der Waals surface area contributed by atoms with Gasteiger partial charge >= 0.3 is 5.97 Å². The van der Waals surface area contributed by atoms with Crippen LogP contribution in [0.3, 0.4) is 0 Å². The van der Waals surface area contributed by atoms with Crippen LogP contribution in [-0.4, -0.2) is 40.1 Å². The van der Waals surface area contributed by atoms with Gasteiger partial charge in [0.25, 0.3) is 0 Å². The Hall–Kier alpha value is -3.57. The van der Waals surface area contributed by atoms with Crippen LogP contribution in [0.4, 0.5) is 0 Å². The molecule has 4 rings (SSSR count). The van der Waals surface area contributed by atoms with Gasteiger partial charge in [-0.25, -0.2) is 17.9 Å². The van der Waals surface area contributed by atoms with E-state index in [-0.39, 0.29) is 42.0 Å². The average molecular weight is 460 g/mol. The van der Waals surface area contributed by atoms with E-state index in [2.05, 4.69) is 9.88 Å². The third-order valence-electron chi connectivity index (χ3n) is 4.64. The van der Waals surface area contributed by atoms with Gasteiger partial charge in [0, 0.05) is 18.2 Å². The predicted molar refractivity (Wildman–Crippen MR) is 111 cm³/mol. The summed E-state index contributed by atoms with van der Waals surface area (Å²) in [6, 6.07) is 11.0. The summed E-state index contributed by atoms with van der Waals surface area (Å²) in [5.74, 6) is 0.901. The summed E-state index contributed by atoms with van der Waals surface area (Å²) in [6.45, 7) is 2.03. The average Bonchev–Trinajstić information content (AvgIpc) is 3.47. The zero-order valence-electron chi connectivity index (χ0n) is 17.3. The number of carbonyl (C=O) groups excluding carboxylic acids is 1. The maximum atomic E-state index is 13.0. The van der Waals surface area contributed by atoms with Gasteiger partial charge in [-0.2, -0.15) is 0 Å². The van der Waals surface area contributed by atoms with Crippen LogP contribution in [0.25, 0.3) is 11.3 Å². The van der Waals surface area contributed by atoms with Gasteiger partial charge in [-0.3, -0.25) is 0 Å². The summed E-state index contributed by atoms with van der Waals surface area (Å²) in [4.78, 5) is 11.7. The molecule has 0 atom stereocenters. The molecule has 2 heterocycles. The summed E-state index contributed by atoms with van der Waals surface area (Å²) in [7, 11) is -2.59. The van der Waals surface area contributed by atoms with Gasteiger partial charge in [0.05, 0.1) is 13.7 Å². The van der Waals surface area contributed by atoms with E-state index in [4.69, 9.17) is 23.5 Å². The van der Waals surface area contributed by atoms with Gasteiger partial charge in [0.15, 0.2) is 23.0 Å². The number of hydrogen-bond donors (Lipinski definition) is 1. The van der Waals surface area contributed by atoms with Crippen molar-refractivity contribution in [2.24, 2.45) is 0 Å². The fourth-order valence-electron chi connectivity index (χ4n) is 3.06. The third kappa shape index (κ3) is 4.39. The molecule has 0 unspecified atom stereocenters. The first kappa shape index (κ1) is 21.7. The van der Waals surface area contributed by atoms with Crippen LogP contribution in [0.1, 0.15) is 23.0 Å². The summed E-state index contributed by atoms with van der Waals surface area (Å²) in [6.07, 6.45) is 0. The zero-order valence-corrected chi connectivity index (χ0v) is 18.1. The quantitative estimate of drug-likeness (QED) is 0.505. The third-order valence-corrected chi connectivity index (χ3v) is 6.06. The van der Waals surface area contributed by atoms with Crippen molar-refractivity contribution in [1.29, 1.82) is 0 Å². The normalized spacial score (nSPS) is 12.6. The lowest BCUT2D eigenvalue weighted by Gasteiger charge is -2.12. The highest BCUT2D eigenvalue weighted by atomic mass is 32.2. The molecule has 1 aliphatic heterocycles. The van der Waals surface area contributed by atoms with Gasteiger partial charge in [-0.15, -0.1) is 0 Å². The Bertz CT molecular complexity index is 1250. The molecular formula is C21H20N2O8S. The molecule has 0 spiro atoms. The molecule has 1 aliphatic rings. The molecule has 0 radical (unpaired) electrons. The second kappa shape index (κ2) is 8.89. The number of methoxy groups -OCH3 is 1. The van der Waals surface area contributed by atoms with Crippen molar-refractivity contribution in [3.05, 3.63) is 53.7 Å². The van der Waals surface area contributed by atoms with Gasteiger partial charge in [0.1, 0.15) is 10.6 Å². The minimum atomic E-state index is -3.96. The largest absolute Gasteiger partial charge is 0.495 e. The minimum absolute atomic E-state index is 0.0111. The molecular weight excluding hydrogens is 440 g/mol. The topological polar surface area (TPSA) is 126 Å². The van der Waals surface area contributed by atoms with Crippen LogP contribution in [0, 0.1) is 0 Å². The molecule has 2 aromatic carbocycles. The molecule has 11 heteroatoms. The van der Waals surface area contributed by atoms with Crippen molar-refractivity contribution >= 4 is 16.0 Å². The summed E-state index contributed by atoms with van der Waals surface area (Å²) >= 11 is 0. The van der Waals surface area contributed by atoms with Crippen LogP contribution in [0.15, 0.2) is 51.9 Å². The second-order valence-corrected chi connectivity index (χ2v) is 8.41. The smallest absolute Gasteiger partial charge is 0.360 e. The number of hydrogen-bond acceptors (Lipinski definition) is 9. The second-order valence-electron chi connectivity index (χ2n) is 6.67. The highest BCUT2D eigenvalue weighted by molar-refractivity contribution is 7.89. The molecule has 0 saturated heterocycles. The number of rotatable bonds is 8. The Morgan fingerprint density at radius 1 is 1.12 bits per heavy atom. The molecule has 3 aromatic rings. The molecule has 0 aliphatic carbocycles. The molecule has 32 heavy (non-hydrogen) atoms. The van der Waals surface area contributed by atoms with Crippen molar-refractivity contribution in [1.82, 2.24) is 9.88 Å². The van der Waals surface area contributed by atoms with Crippen LogP contribution in [0.5, 0.6) is 17.2 Å². The lowest BCUT2D eigenvalue weighted by molar-refractivity contribution is 0.0514. The predicted octanol–water partition coefficient (Wildman–Crippen LogP) is 2.73. The van der Waals surface area contributed by atoms with Crippen molar-refractivity contribution in [2.75, 3.05) is 20.5 Å². The number of sulfonamides is 1. The van der Waals surface area contributed by atoms with Gasteiger partial charge < -0.3 is 23.5 Å². The summed E-state index contributed by atoms with van der Waals surface area (Å²) in [5, 5.41) is 3.68. The molecule has 1 aromatic heterocycles. The number of ether oxygens (including phenoxy) is 4. The van der Waals surface area contributed by atoms with Crippen molar-refractivity contribution in [3.63, 3.8) is 0 Å². The van der Waals surface area contributed by atoms with Gasteiger partial charge in [0.2, 0.25) is 16.8 Å². The molecule has 0 amide bonds. The van der Waals surface area contributed by atoms with Crippen LogP contribution in [-0.2, 0) is 21.3 Å². The number of esters is 1. The number of carbonyl (C=O) groups is 1. The fourth-order valence-corrected chi connectivity index (χ4v) is 4.27. The van der Waals surface area contributed by atoms with Gasteiger partial charge in [-0.1, -0.05) is 11.2 Å². The van der Waals surface area contributed by atoms with Crippen molar-refractivity contribution < 1.29 is 36.7 Å². The van der Waals surface area contributed by atoms with E-state index in [1.54, 1.807) is 31.2 Å². The summed E-state index contributed by atoms with van der Waals surface area (Å²) < 4.78 is 54.5. The first-order chi connectivity index (χ1) is 15.4. The minimum Gasteiger partial charge on any atom is -0.495 e. The Morgan fingerprint density at radius 2 is 1.94 bits per heavy atom. The maximum absolute atomic E-state index is 13.0. The van der Waals surface area contributed by atoms with E-state index in [9.17, 15) is 13.2 Å². The fraction of sp³-hybridized carbons (Fsp3) is 0.238. The Kier molecular flexibility index (Phi) is 6.01. The van der Waals surface area contributed by atoms with E-state index in [0.29, 0.717) is 22.6 Å². The molecule has 168 valence electrons. The number of benzene rings is 2. The number of fused-ring (bicyclic) bond motifs is 1. The number of aromatic nitrogens is 1. The standard InChI is InChI=1S/C21H20N2O8S/c1-3-28-21(24)15-10-18(31-23-15)14-5-7-17(27-2)20(9-14)32(25,26)22-11-13-4-6-16-19(8-13)30-12-29-16/h4-10,22H,3,11-12H2,1-2H3. The molecule has 0 fully saturated rings. The first-order valence-electron chi connectivity index (χ1n) is 9.61. The molecule has 0 saturated carbocycles. The molecule has 1 N–H and O–H groups in total. The molecule has 0 bridgehead atoms. The zero-order chi connectivity index (χ0) is 22.7. The number of nitrogens with one attached hydrogen (secondary N) is 1. The Balaban J connectivity index is 1.58. The molecule has 10 nitrogen and oxygen atoms in total. The van der Waals surface area contributed by atoms with Crippen LogP contribution >= 0.6 is 0 Å². The Morgan fingerprint density at radius 3 is 2.72 bits per heavy atom. The van der Waals surface area contributed by atoms with E-state index in [0.717, 1.165) is 0 Å². The van der Waals surface area contributed by atoms with E-state index < -0.39 is 16.0 Å². The highest BCUT2D eigenvalue weighted by Crippen LogP contribution is 2.33. The maximum Gasteiger partial charge on any atom is 0.360 e. The lowest BCUT2D eigenvalue weighted by Crippen LogP contribution is -2.23. The lowest BCUT2D eigenvalue weighted by atomic mass is 10.1. The SMILES string of the molecule is CCOC(=O)c1cc(-c2ccc(OC)c(S(=O)(=O)NCc3ccc4c(c3)OCO4)c2)on1. The Labute approximate surface area is 184 Å². The monoisotopic (exact) mass is 460 g/mol. The van der Waals surface area contributed by atoms with Crippen LogP contribution < -0.4 is 18.9 Å².